The fourth-order valence-corrected chi connectivity index (χ4v) is 3.00. The van der Waals surface area contributed by atoms with Crippen molar-refractivity contribution in [1.29, 1.82) is 0 Å². The number of hydrogen-bond donors (Lipinski definition) is 0. The third-order valence-electron chi connectivity index (χ3n) is 3.89. The number of carbonyl (C=O) groups excluding carboxylic acids is 1. The number of benzene rings is 1. The van der Waals surface area contributed by atoms with Gasteiger partial charge in [0.2, 0.25) is 0 Å². The molecule has 1 aromatic rings. The van der Waals surface area contributed by atoms with Gasteiger partial charge in [0, 0.05) is 5.56 Å². The first-order chi connectivity index (χ1) is 8.25. The Morgan fingerprint density at radius 1 is 1.24 bits per heavy atom. The molecule has 0 saturated heterocycles. The third kappa shape index (κ3) is 1.53. The molecular formula is C14H16O3. The number of esters is 1. The molecule has 0 aromatic heterocycles. The lowest BCUT2D eigenvalue weighted by Crippen LogP contribution is -2.28. The summed E-state index contributed by atoms with van der Waals surface area (Å²) in [5, 5.41) is 0. The minimum atomic E-state index is -0.336. The van der Waals surface area contributed by atoms with Crippen molar-refractivity contribution in [3.63, 3.8) is 0 Å². The summed E-state index contributed by atoms with van der Waals surface area (Å²) in [6, 6.07) is 5.70. The molecule has 1 aliphatic heterocycles. The van der Waals surface area contributed by atoms with E-state index in [0.29, 0.717) is 11.3 Å². The van der Waals surface area contributed by atoms with E-state index in [1.807, 2.05) is 12.1 Å². The zero-order chi connectivity index (χ0) is 11.9. The molecule has 3 heteroatoms. The van der Waals surface area contributed by atoms with Crippen molar-refractivity contribution in [2.24, 2.45) is 0 Å². The van der Waals surface area contributed by atoms with Crippen molar-refractivity contribution in [1.82, 2.24) is 0 Å². The number of fused-ring (bicyclic) bond motifs is 2. The highest BCUT2D eigenvalue weighted by Crippen LogP contribution is 2.47. The summed E-state index contributed by atoms with van der Waals surface area (Å²) >= 11 is 0. The zero-order valence-electron chi connectivity index (χ0n) is 9.99. The minimum Gasteiger partial charge on any atom is -0.497 e. The second-order valence-corrected chi connectivity index (χ2v) is 4.86. The van der Waals surface area contributed by atoms with Crippen LogP contribution in [0.4, 0.5) is 0 Å². The molecule has 3 nitrogen and oxygen atoms in total. The van der Waals surface area contributed by atoms with E-state index in [1.165, 1.54) is 6.42 Å². The molecule has 90 valence electrons. The van der Waals surface area contributed by atoms with Gasteiger partial charge < -0.3 is 9.47 Å². The topological polar surface area (TPSA) is 35.5 Å². The third-order valence-corrected chi connectivity index (χ3v) is 3.89. The molecule has 17 heavy (non-hydrogen) atoms. The first kappa shape index (κ1) is 10.6. The average Bonchev–Trinajstić information content (AvgIpc) is 2.63. The van der Waals surface area contributed by atoms with Gasteiger partial charge in [0.15, 0.2) is 0 Å². The fourth-order valence-electron chi connectivity index (χ4n) is 3.00. The zero-order valence-corrected chi connectivity index (χ0v) is 9.99. The van der Waals surface area contributed by atoms with Crippen molar-refractivity contribution in [3.05, 3.63) is 29.3 Å². The molecule has 0 amide bonds. The molecule has 1 fully saturated rings. The molecule has 2 aliphatic rings. The molecule has 0 unspecified atom stereocenters. The summed E-state index contributed by atoms with van der Waals surface area (Å²) in [7, 11) is 1.61. The SMILES string of the molecule is COc1ccc2c(c1)C(=O)OC21CCCCC1. The van der Waals surface area contributed by atoms with Crippen LogP contribution in [0.5, 0.6) is 5.75 Å². The van der Waals surface area contributed by atoms with Gasteiger partial charge in [-0.25, -0.2) is 4.79 Å². The van der Waals surface area contributed by atoms with E-state index in [2.05, 4.69) is 0 Å². The van der Waals surface area contributed by atoms with Crippen molar-refractivity contribution >= 4 is 5.97 Å². The highest BCUT2D eigenvalue weighted by molar-refractivity contribution is 5.95. The molecular weight excluding hydrogens is 216 g/mol. The predicted octanol–water partition coefficient (Wildman–Crippen LogP) is 3.03. The van der Waals surface area contributed by atoms with Crippen LogP contribution in [0.25, 0.3) is 0 Å². The second kappa shape index (κ2) is 3.76. The Morgan fingerprint density at radius 3 is 2.71 bits per heavy atom. The molecule has 0 N–H and O–H groups in total. The van der Waals surface area contributed by atoms with Crippen LogP contribution in [0.2, 0.25) is 0 Å². The standard InChI is InChI=1S/C14H16O3/c1-16-10-5-6-12-11(9-10)13(15)17-14(12)7-3-2-4-8-14/h5-6,9H,2-4,7-8H2,1H3. The van der Waals surface area contributed by atoms with E-state index in [4.69, 9.17) is 9.47 Å². The lowest BCUT2D eigenvalue weighted by molar-refractivity contribution is -0.0280. The van der Waals surface area contributed by atoms with E-state index >= 15 is 0 Å². The Kier molecular flexibility index (Phi) is 2.35. The molecule has 1 aliphatic carbocycles. The molecule has 0 bridgehead atoms. The van der Waals surface area contributed by atoms with Gasteiger partial charge in [-0.2, -0.15) is 0 Å². The van der Waals surface area contributed by atoms with E-state index in [0.717, 1.165) is 31.2 Å². The van der Waals surface area contributed by atoms with Gasteiger partial charge in [-0.05, 0) is 37.8 Å². The maximum absolute atomic E-state index is 11.9. The molecule has 3 rings (SSSR count). The summed E-state index contributed by atoms with van der Waals surface area (Å²) in [6.07, 6.45) is 5.43. The van der Waals surface area contributed by atoms with Crippen LogP contribution in [-0.4, -0.2) is 13.1 Å². The Bertz CT molecular complexity index is 459. The fraction of sp³-hybridized carbons (Fsp3) is 0.500. The van der Waals surface area contributed by atoms with Gasteiger partial charge in [0.05, 0.1) is 12.7 Å². The van der Waals surface area contributed by atoms with Crippen LogP contribution in [0.15, 0.2) is 18.2 Å². The quantitative estimate of drug-likeness (QED) is 0.698. The first-order valence-corrected chi connectivity index (χ1v) is 6.17. The van der Waals surface area contributed by atoms with E-state index in [9.17, 15) is 4.79 Å². The predicted molar refractivity (Wildman–Crippen MR) is 63.2 cm³/mol. The monoisotopic (exact) mass is 232 g/mol. The molecule has 1 saturated carbocycles. The smallest absolute Gasteiger partial charge is 0.339 e. The van der Waals surface area contributed by atoms with Crippen LogP contribution in [0, 0.1) is 0 Å². The second-order valence-electron chi connectivity index (χ2n) is 4.86. The largest absolute Gasteiger partial charge is 0.497 e. The molecule has 1 spiro atoms. The van der Waals surface area contributed by atoms with Crippen molar-refractivity contribution < 1.29 is 14.3 Å². The van der Waals surface area contributed by atoms with Gasteiger partial charge in [0.1, 0.15) is 11.4 Å². The Balaban J connectivity index is 2.07. The number of carbonyl (C=O) groups is 1. The summed E-state index contributed by atoms with van der Waals surface area (Å²) < 4.78 is 10.8. The summed E-state index contributed by atoms with van der Waals surface area (Å²) in [5.74, 6) is 0.523. The number of methoxy groups -OCH3 is 1. The molecule has 0 atom stereocenters. The lowest BCUT2D eigenvalue weighted by atomic mass is 9.79. The van der Waals surface area contributed by atoms with Crippen molar-refractivity contribution in [3.8, 4) is 5.75 Å². The lowest BCUT2D eigenvalue weighted by Gasteiger charge is -2.32. The number of rotatable bonds is 1. The number of ether oxygens (including phenoxy) is 2. The van der Waals surface area contributed by atoms with Crippen LogP contribution < -0.4 is 4.74 Å². The normalized spacial score (nSPS) is 21.1. The van der Waals surface area contributed by atoms with Gasteiger partial charge in [0.25, 0.3) is 0 Å². The van der Waals surface area contributed by atoms with Gasteiger partial charge in [-0.1, -0.05) is 12.5 Å². The summed E-state index contributed by atoms with van der Waals surface area (Å²) in [5.41, 5.74) is 1.41. The molecule has 0 radical (unpaired) electrons. The summed E-state index contributed by atoms with van der Waals surface area (Å²) in [6.45, 7) is 0. The van der Waals surface area contributed by atoms with Crippen LogP contribution >= 0.6 is 0 Å². The van der Waals surface area contributed by atoms with Gasteiger partial charge in [-0.3, -0.25) is 0 Å². The van der Waals surface area contributed by atoms with Crippen LogP contribution in [0.3, 0.4) is 0 Å². The van der Waals surface area contributed by atoms with Crippen molar-refractivity contribution in [2.75, 3.05) is 7.11 Å². The van der Waals surface area contributed by atoms with Gasteiger partial charge in [-0.15, -0.1) is 0 Å². The highest BCUT2D eigenvalue weighted by atomic mass is 16.6. The van der Waals surface area contributed by atoms with Crippen LogP contribution in [0.1, 0.15) is 48.0 Å². The van der Waals surface area contributed by atoms with Crippen LogP contribution in [-0.2, 0) is 10.3 Å². The maximum Gasteiger partial charge on any atom is 0.339 e. The highest BCUT2D eigenvalue weighted by Gasteiger charge is 2.45. The average molecular weight is 232 g/mol. The Hall–Kier alpha value is -1.51. The molecule has 1 aromatic carbocycles. The number of hydrogen-bond acceptors (Lipinski definition) is 3. The van der Waals surface area contributed by atoms with E-state index in [1.54, 1.807) is 13.2 Å². The first-order valence-electron chi connectivity index (χ1n) is 6.17. The van der Waals surface area contributed by atoms with E-state index in [-0.39, 0.29) is 11.6 Å². The Morgan fingerprint density at radius 2 is 2.00 bits per heavy atom. The minimum absolute atomic E-state index is 0.194. The Labute approximate surface area is 101 Å². The van der Waals surface area contributed by atoms with Crippen molar-refractivity contribution in [2.45, 2.75) is 37.7 Å². The van der Waals surface area contributed by atoms with Gasteiger partial charge >= 0.3 is 5.97 Å². The maximum atomic E-state index is 11.9. The summed E-state index contributed by atoms with van der Waals surface area (Å²) in [4.78, 5) is 11.9. The molecule has 1 heterocycles. The van der Waals surface area contributed by atoms with E-state index < -0.39 is 0 Å².